The van der Waals surface area contributed by atoms with Gasteiger partial charge in [-0.3, -0.25) is 9.78 Å². The minimum Gasteiger partial charge on any atom is -0.320 e. The third kappa shape index (κ3) is 3.58. The smallest absolute Gasteiger partial charge is 0.243 e. The van der Waals surface area contributed by atoms with Gasteiger partial charge in [0.1, 0.15) is 0 Å². The van der Waals surface area contributed by atoms with Gasteiger partial charge in [-0.15, -0.1) is 0 Å². The van der Waals surface area contributed by atoms with Gasteiger partial charge in [0.25, 0.3) is 0 Å². The van der Waals surface area contributed by atoms with Crippen molar-refractivity contribution in [3.8, 4) is 0 Å². The number of nitrogens with zero attached hydrogens (tertiary/aromatic N) is 2. The Hall–Kier alpha value is -1.94. The van der Waals surface area contributed by atoms with Gasteiger partial charge in [-0.2, -0.15) is 0 Å². The molecule has 112 valence electrons. The van der Waals surface area contributed by atoms with Crippen LogP contribution in [0.4, 0.5) is 5.69 Å². The van der Waals surface area contributed by atoms with Crippen molar-refractivity contribution in [1.82, 2.24) is 4.98 Å². The maximum atomic E-state index is 12.5. The van der Waals surface area contributed by atoms with Crippen LogP contribution < -0.4 is 10.6 Å². The number of amides is 1. The third-order valence-corrected chi connectivity index (χ3v) is 3.53. The number of aromatic nitrogens is 1. The van der Waals surface area contributed by atoms with E-state index in [1.165, 1.54) is 0 Å². The Labute approximate surface area is 126 Å². The van der Waals surface area contributed by atoms with E-state index < -0.39 is 6.04 Å². The second-order valence-corrected chi connectivity index (χ2v) is 5.27. The Morgan fingerprint density at radius 3 is 2.81 bits per heavy atom. The Morgan fingerprint density at radius 1 is 1.29 bits per heavy atom. The fraction of sp³-hybridized carbons (Fsp3) is 0.412. The van der Waals surface area contributed by atoms with Crippen molar-refractivity contribution in [2.45, 2.75) is 39.2 Å². The van der Waals surface area contributed by atoms with Gasteiger partial charge < -0.3 is 10.6 Å². The van der Waals surface area contributed by atoms with E-state index in [0.29, 0.717) is 13.0 Å². The van der Waals surface area contributed by atoms with Gasteiger partial charge in [0.2, 0.25) is 5.91 Å². The molecule has 21 heavy (non-hydrogen) atoms. The zero-order valence-corrected chi connectivity index (χ0v) is 12.7. The molecule has 4 heteroatoms. The molecule has 2 rings (SSSR count). The molecule has 0 aliphatic heterocycles. The van der Waals surface area contributed by atoms with Crippen molar-refractivity contribution >= 4 is 22.5 Å². The van der Waals surface area contributed by atoms with E-state index in [0.717, 1.165) is 29.4 Å². The molecule has 1 aromatic carbocycles. The van der Waals surface area contributed by atoms with Gasteiger partial charge in [-0.05, 0) is 37.1 Å². The molecule has 1 atom stereocenters. The number of rotatable bonds is 6. The number of benzene rings is 1. The number of carbonyl (C=O) groups excluding carboxylic acids is 1. The first-order valence-corrected chi connectivity index (χ1v) is 7.59. The second-order valence-electron chi connectivity index (χ2n) is 5.27. The topological polar surface area (TPSA) is 59.2 Å². The molecule has 1 unspecified atom stereocenters. The molecule has 0 aliphatic rings. The molecular weight excluding hydrogens is 262 g/mol. The lowest BCUT2D eigenvalue weighted by Crippen LogP contribution is -2.44. The van der Waals surface area contributed by atoms with Crippen LogP contribution in [0, 0.1) is 0 Å². The lowest BCUT2D eigenvalue weighted by Gasteiger charge is -2.25. The first-order valence-electron chi connectivity index (χ1n) is 7.59. The van der Waals surface area contributed by atoms with Gasteiger partial charge in [0.05, 0.1) is 11.6 Å². The van der Waals surface area contributed by atoms with E-state index in [-0.39, 0.29) is 5.91 Å². The van der Waals surface area contributed by atoms with Gasteiger partial charge in [0.15, 0.2) is 0 Å². The fourth-order valence-corrected chi connectivity index (χ4v) is 2.46. The summed E-state index contributed by atoms with van der Waals surface area (Å²) in [5.41, 5.74) is 7.84. The Kier molecular flexibility index (Phi) is 5.28. The summed E-state index contributed by atoms with van der Waals surface area (Å²) in [4.78, 5) is 18.7. The van der Waals surface area contributed by atoms with Crippen molar-refractivity contribution in [2.24, 2.45) is 5.73 Å². The molecule has 0 spiro atoms. The normalized spacial score (nSPS) is 12.3. The number of fused-ring (bicyclic) bond motifs is 1. The average molecular weight is 285 g/mol. The summed E-state index contributed by atoms with van der Waals surface area (Å²) >= 11 is 0. The van der Waals surface area contributed by atoms with Crippen LogP contribution in [0.2, 0.25) is 0 Å². The van der Waals surface area contributed by atoms with Crippen LogP contribution >= 0.6 is 0 Å². The molecule has 0 saturated carbocycles. The van der Waals surface area contributed by atoms with Crippen LogP contribution in [0.3, 0.4) is 0 Å². The average Bonchev–Trinajstić information content (AvgIpc) is 2.51. The van der Waals surface area contributed by atoms with Crippen molar-refractivity contribution in [1.29, 1.82) is 0 Å². The van der Waals surface area contributed by atoms with Crippen molar-refractivity contribution in [3.63, 3.8) is 0 Å². The zero-order chi connectivity index (χ0) is 15.2. The van der Waals surface area contributed by atoms with Crippen molar-refractivity contribution in [3.05, 3.63) is 36.5 Å². The zero-order valence-electron chi connectivity index (χ0n) is 12.7. The summed E-state index contributed by atoms with van der Waals surface area (Å²) in [6.45, 7) is 4.79. The van der Waals surface area contributed by atoms with Crippen LogP contribution in [-0.2, 0) is 4.79 Å². The summed E-state index contributed by atoms with van der Waals surface area (Å²) in [6, 6.07) is 9.39. The highest BCUT2D eigenvalue weighted by molar-refractivity contribution is 5.98. The molecule has 0 aliphatic carbocycles. The van der Waals surface area contributed by atoms with Crippen LogP contribution in [0.1, 0.15) is 33.1 Å². The minimum absolute atomic E-state index is 0.00180. The van der Waals surface area contributed by atoms with E-state index in [4.69, 9.17) is 5.73 Å². The van der Waals surface area contributed by atoms with E-state index in [1.54, 1.807) is 11.1 Å². The highest BCUT2D eigenvalue weighted by atomic mass is 16.2. The molecule has 0 saturated heterocycles. The quantitative estimate of drug-likeness (QED) is 0.887. The van der Waals surface area contributed by atoms with E-state index in [9.17, 15) is 4.79 Å². The van der Waals surface area contributed by atoms with Gasteiger partial charge >= 0.3 is 0 Å². The molecule has 0 radical (unpaired) electrons. The summed E-state index contributed by atoms with van der Waals surface area (Å²) in [5.74, 6) is 0.00180. The maximum Gasteiger partial charge on any atom is 0.243 e. The second kappa shape index (κ2) is 7.18. The van der Waals surface area contributed by atoms with Gasteiger partial charge in [-0.25, -0.2) is 0 Å². The molecule has 0 bridgehead atoms. The lowest BCUT2D eigenvalue weighted by molar-refractivity contribution is -0.120. The molecule has 4 nitrogen and oxygen atoms in total. The molecule has 2 aromatic rings. The number of hydrogen-bond acceptors (Lipinski definition) is 3. The summed E-state index contributed by atoms with van der Waals surface area (Å²) in [5, 5.41) is 1.04. The van der Waals surface area contributed by atoms with Crippen LogP contribution in [-0.4, -0.2) is 23.5 Å². The molecule has 1 amide bonds. The van der Waals surface area contributed by atoms with Gasteiger partial charge in [0, 0.05) is 23.8 Å². The van der Waals surface area contributed by atoms with E-state index >= 15 is 0 Å². The lowest BCUT2D eigenvalue weighted by atomic mass is 10.1. The van der Waals surface area contributed by atoms with Crippen LogP contribution in [0.25, 0.3) is 10.9 Å². The molecule has 1 aromatic heterocycles. The van der Waals surface area contributed by atoms with Crippen LogP contribution in [0.15, 0.2) is 36.5 Å². The molecule has 0 fully saturated rings. The predicted molar refractivity (Wildman–Crippen MR) is 87.3 cm³/mol. The maximum absolute atomic E-state index is 12.5. The first kappa shape index (κ1) is 15.4. The Bertz CT molecular complexity index is 612. The molecular formula is C17H23N3O. The third-order valence-electron chi connectivity index (χ3n) is 3.53. The number of carbonyl (C=O) groups is 1. The van der Waals surface area contributed by atoms with E-state index in [2.05, 4.69) is 11.9 Å². The fourth-order valence-electron chi connectivity index (χ4n) is 2.46. The highest BCUT2D eigenvalue weighted by Crippen LogP contribution is 2.22. The van der Waals surface area contributed by atoms with E-state index in [1.807, 2.05) is 37.3 Å². The molecule has 2 N–H and O–H groups in total. The van der Waals surface area contributed by atoms with Crippen molar-refractivity contribution in [2.75, 3.05) is 11.4 Å². The SMILES string of the molecule is CCCC(N)C(=O)N(CCC)c1ccc2ncccc2c1. The number of pyridine rings is 1. The summed E-state index contributed by atoms with van der Waals surface area (Å²) in [7, 11) is 0. The predicted octanol–water partition coefficient (Wildman–Crippen LogP) is 3.11. The summed E-state index contributed by atoms with van der Waals surface area (Å²) < 4.78 is 0. The number of hydrogen-bond donors (Lipinski definition) is 1. The minimum atomic E-state index is -0.425. The Balaban J connectivity index is 2.33. The first-order chi connectivity index (χ1) is 10.2. The summed E-state index contributed by atoms with van der Waals surface area (Å²) in [6.07, 6.45) is 4.30. The largest absolute Gasteiger partial charge is 0.320 e. The molecule has 1 heterocycles. The number of nitrogens with two attached hydrogens (primary N) is 1. The standard InChI is InChI=1S/C17H23N3O/c1-3-6-15(18)17(21)20(11-4-2)14-8-9-16-13(12-14)7-5-10-19-16/h5,7-10,12,15H,3-4,6,11,18H2,1-2H3. The monoisotopic (exact) mass is 285 g/mol. The van der Waals surface area contributed by atoms with Crippen molar-refractivity contribution < 1.29 is 4.79 Å². The van der Waals surface area contributed by atoms with Crippen LogP contribution in [0.5, 0.6) is 0 Å². The highest BCUT2D eigenvalue weighted by Gasteiger charge is 2.21. The Morgan fingerprint density at radius 2 is 2.10 bits per heavy atom. The number of anilines is 1. The van der Waals surface area contributed by atoms with Gasteiger partial charge in [-0.1, -0.05) is 26.3 Å².